The topological polar surface area (TPSA) is 114 Å². The van der Waals surface area contributed by atoms with E-state index in [1.165, 1.54) is 0 Å². The molecule has 0 aliphatic heterocycles. The van der Waals surface area contributed by atoms with Gasteiger partial charge in [-0.3, -0.25) is 5.43 Å². The molecule has 0 aliphatic carbocycles. The summed E-state index contributed by atoms with van der Waals surface area (Å²) in [7, 11) is 0. The van der Waals surface area contributed by atoms with Crippen molar-refractivity contribution in [3.8, 4) is 11.3 Å². The molecule has 30 heavy (non-hydrogen) atoms. The second-order valence-electron chi connectivity index (χ2n) is 6.26. The zero-order valence-corrected chi connectivity index (χ0v) is 15.6. The molecule has 3 heterocycles. The lowest BCUT2D eigenvalue weighted by molar-refractivity contribution is 0.314. The molecule has 0 saturated carbocycles. The first-order valence-corrected chi connectivity index (χ1v) is 9.12. The Morgan fingerprint density at radius 2 is 1.47 bits per heavy atom. The number of nitrogens with zero attached hydrogens (tertiary/aromatic N) is 5. The zero-order valence-electron chi connectivity index (χ0n) is 15.6. The number of benzene rings is 2. The molecule has 9 nitrogen and oxygen atoms in total. The van der Waals surface area contributed by atoms with Crippen molar-refractivity contribution in [2.75, 3.05) is 10.7 Å². The van der Waals surface area contributed by atoms with E-state index < -0.39 is 0 Å². The van der Waals surface area contributed by atoms with E-state index in [-0.39, 0.29) is 5.65 Å². The molecule has 3 aromatic heterocycles. The Kier molecular flexibility index (Phi) is 4.59. The third-order valence-corrected chi connectivity index (χ3v) is 4.20. The third-order valence-electron chi connectivity index (χ3n) is 4.20. The number of fused-ring (bicyclic) bond motifs is 1. The van der Waals surface area contributed by atoms with Crippen molar-refractivity contribution in [1.29, 1.82) is 0 Å². The van der Waals surface area contributed by atoms with Gasteiger partial charge < -0.3 is 9.73 Å². The molecule has 2 N–H and O–H groups in total. The van der Waals surface area contributed by atoms with Gasteiger partial charge in [-0.1, -0.05) is 48.5 Å². The van der Waals surface area contributed by atoms with E-state index in [1.807, 2.05) is 72.8 Å². The van der Waals surface area contributed by atoms with Gasteiger partial charge in [0.25, 0.3) is 0 Å². The average Bonchev–Trinajstić information content (AvgIpc) is 3.44. The molecule has 0 bridgehead atoms. The highest BCUT2D eigenvalue weighted by Crippen LogP contribution is 2.24. The van der Waals surface area contributed by atoms with Crippen LogP contribution in [0.5, 0.6) is 0 Å². The van der Waals surface area contributed by atoms with E-state index in [0.717, 1.165) is 17.0 Å². The van der Waals surface area contributed by atoms with Crippen LogP contribution in [0, 0.1) is 0 Å². The van der Waals surface area contributed by atoms with Crippen molar-refractivity contribution in [2.24, 2.45) is 5.10 Å². The molecule has 0 aliphatic rings. The average molecular weight is 397 g/mol. The Labute approximate surface area is 170 Å². The molecule has 0 radical (unpaired) electrons. The molecule has 0 saturated heterocycles. The second kappa shape index (κ2) is 7.84. The van der Waals surface area contributed by atoms with Gasteiger partial charge >= 0.3 is 0 Å². The molecule has 0 fully saturated rings. The largest absolute Gasteiger partial charge is 0.455 e. The number of anilines is 3. The Morgan fingerprint density at radius 1 is 0.767 bits per heavy atom. The molecule has 0 amide bonds. The fraction of sp³-hybridized carbons (Fsp3) is 0. The van der Waals surface area contributed by atoms with Gasteiger partial charge in [0.05, 0.1) is 6.21 Å². The minimum Gasteiger partial charge on any atom is -0.455 e. The molecular weight excluding hydrogens is 382 g/mol. The molecular formula is C21H15N7O2. The molecule has 5 aromatic rings. The van der Waals surface area contributed by atoms with E-state index >= 15 is 0 Å². The fourth-order valence-electron chi connectivity index (χ4n) is 2.80. The summed E-state index contributed by atoms with van der Waals surface area (Å²) in [6, 6.07) is 23.2. The van der Waals surface area contributed by atoms with Crippen LogP contribution in [-0.2, 0) is 0 Å². The highest BCUT2D eigenvalue weighted by Gasteiger charge is 2.12. The monoisotopic (exact) mass is 397 g/mol. The van der Waals surface area contributed by atoms with Crippen molar-refractivity contribution in [3.05, 3.63) is 78.6 Å². The number of nitrogens with one attached hydrogen (secondary N) is 2. The Balaban J connectivity index is 1.38. The van der Waals surface area contributed by atoms with Crippen LogP contribution in [0.15, 0.2) is 86.9 Å². The van der Waals surface area contributed by atoms with Gasteiger partial charge in [-0.25, -0.2) is 9.61 Å². The van der Waals surface area contributed by atoms with Crippen molar-refractivity contribution < 1.29 is 9.05 Å². The summed E-state index contributed by atoms with van der Waals surface area (Å²) in [5.41, 5.74) is 5.28. The fourth-order valence-corrected chi connectivity index (χ4v) is 2.80. The molecule has 5 rings (SSSR count). The van der Waals surface area contributed by atoms with Crippen LogP contribution in [0.4, 0.5) is 17.3 Å². The second-order valence-corrected chi connectivity index (χ2v) is 6.26. The van der Waals surface area contributed by atoms with Crippen molar-refractivity contribution >= 4 is 34.8 Å². The van der Waals surface area contributed by atoms with Crippen LogP contribution in [0.2, 0.25) is 0 Å². The zero-order chi connectivity index (χ0) is 20.2. The van der Waals surface area contributed by atoms with Crippen LogP contribution in [0.1, 0.15) is 5.76 Å². The SMILES string of the molecule is C(=NNc1nc2nonc2nc1Nc1ccccc1)c1ccc(-c2ccccc2)o1. The highest BCUT2D eigenvalue weighted by molar-refractivity contribution is 5.80. The van der Waals surface area contributed by atoms with E-state index in [2.05, 4.69) is 36.1 Å². The van der Waals surface area contributed by atoms with Gasteiger partial charge in [0.1, 0.15) is 11.5 Å². The number of hydrazone groups is 1. The van der Waals surface area contributed by atoms with Crippen molar-refractivity contribution in [3.63, 3.8) is 0 Å². The highest BCUT2D eigenvalue weighted by atomic mass is 16.6. The standard InChI is InChI=1S/C21H15N7O2/c1-3-7-14(8-4-1)17-12-11-16(29-17)13-22-26-19-18(23-15-9-5-2-6-10-15)24-20-21(25-19)28-30-27-20/h1-13H,(H,23,24,27)(H,25,26,28). The van der Waals surface area contributed by atoms with Gasteiger partial charge in [0.15, 0.2) is 11.6 Å². The quantitative estimate of drug-likeness (QED) is 0.319. The summed E-state index contributed by atoms with van der Waals surface area (Å²) in [5.74, 6) is 2.16. The maximum Gasteiger partial charge on any atom is 0.245 e. The summed E-state index contributed by atoms with van der Waals surface area (Å²) >= 11 is 0. The van der Waals surface area contributed by atoms with Crippen LogP contribution in [-0.4, -0.2) is 26.5 Å². The number of hydrogen-bond acceptors (Lipinski definition) is 9. The van der Waals surface area contributed by atoms with Crippen LogP contribution >= 0.6 is 0 Å². The van der Waals surface area contributed by atoms with Crippen LogP contribution < -0.4 is 10.7 Å². The van der Waals surface area contributed by atoms with Crippen molar-refractivity contribution in [1.82, 2.24) is 20.3 Å². The van der Waals surface area contributed by atoms with Gasteiger partial charge in [0, 0.05) is 11.3 Å². The summed E-state index contributed by atoms with van der Waals surface area (Å²) in [6.45, 7) is 0. The predicted octanol–water partition coefficient (Wildman–Crippen LogP) is 4.46. The normalized spacial score (nSPS) is 11.2. The van der Waals surface area contributed by atoms with E-state index in [9.17, 15) is 0 Å². The summed E-state index contributed by atoms with van der Waals surface area (Å²) in [5, 5.41) is 14.9. The lowest BCUT2D eigenvalue weighted by Crippen LogP contribution is -2.03. The van der Waals surface area contributed by atoms with Crippen molar-refractivity contribution in [2.45, 2.75) is 0 Å². The van der Waals surface area contributed by atoms with E-state index in [4.69, 9.17) is 9.05 Å². The van der Waals surface area contributed by atoms with E-state index in [1.54, 1.807) is 6.21 Å². The van der Waals surface area contributed by atoms with Gasteiger partial charge in [-0.2, -0.15) is 10.1 Å². The smallest absolute Gasteiger partial charge is 0.245 e. The molecule has 2 aromatic carbocycles. The predicted molar refractivity (Wildman–Crippen MR) is 112 cm³/mol. The number of hydrogen-bond donors (Lipinski definition) is 2. The Bertz CT molecular complexity index is 1300. The number of para-hydroxylation sites is 1. The molecule has 146 valence electrons. The number of rotatable bonds is 6. The van der Waals surface area contributed by atoms with Gasteiger partial charge in [-0.15, -0.1) is 0 Å². The maximum absolute atomic E-state index is 5.81. The molecule has 0 atom stereocenters. The van der Waals surface area contributed by atoms with Crippen LogP contribution in [0.25, 0.3) is 22.6 Å². The number of furan rings is 1. The summed E-state index contributed by atoms with van der Waals surface area (Å²) < 4.78 is 10.5. The van der Waals surface area contributed by atoms with Gasteiger partial charge in [0.2, 0.25) is 11.3 Å². The van der Waals surface area contributed by atoms with Gasteiger partial charge in [-0.05, 0) is 34.6 Å². The maximum atomic E-state index is 5.81. The first-order chi connectivity index (χ1) is 14.8. The first-order valence-electron chi connectivity index (χ1n) is 9.12. The minimum absolute atomic E-state index is 0.274. The molecule has 9 heteroatoms. The molecule has 0 unspecified atom stereocenters. The first kappa shape index (κ1) is 17.6. The minimum atomic E-state index is 0.274. The molecule has 0 spiro atoms. The van der Waals surface area contributed by atoms with E-state index in [0.29, 0.717) is 23.0 Å². The lowest BCUT2D eigenvalue weighted by Gasteiger charge is -2.08. The third kappa shape index (κ3) is 3.72. The number of aromatic nitrogens is 4. The summed E-state index contributed by atoms with van der Waals surface area (Å²) in [4.78, 5) is 8.77. The Hall–Kier alpha value is -4.53. The lowest BCUT2D eigenvalue weighted by atomic mass is 10.2. The Morgan fingerprint density at radius 3 is 2.23 bits per heavy atom. The summed E-state index contributed by atoms with van der Waals surface area (Å²) in [6.07, 6.45) is 1.56. The van der Waals surface area contributed by atoms with Crippen LogP contribution in [0.3, 0.4) is 0 Å².